The standard InChI is InChI=1S/C17H15Cl2F2NO3/c1-24-15-7-10(5-6-14(15)25-17(20)21)9-22-16(23)8-11-12(18)3-2-4-13(11)19/h2-7,17H,8-9H2,1H3,(H,22,23). The van der Waals surface area contributed by atoms with Crippen LogP contribution in [-0.4, -0.2) is 19.6 Å². The van der Waals surface area contributed by atoms with Gasteiger partial charge in [-0.05, 0) is 35.4 Å². The summed E-state index contributed by atoms with van der Waals surface area (Å²) in [6.45, 7) is -2.76. The number of alkyl halides is 2. The summed E-state index contributed by atoms with van der Waals surface area (Å²) in [6.07, 6.45) is 0.0300. The SMILES string of the molecule is COc1cc(CNC(=O)Cc2c(Cl)cccc2Cl)ccc1OC(F)F. The Balaban J connectivity index is 2.00. The van der Waals surface area contributed by atoms with Crippen LogP contribution in [0.4, 0.5) is 8.78 Å². The van der Waals surface area contributed by atoms with Crippen molar-refractivity contribution >= 4 is 29.1 Å². The minimum absolute atomic E-state index is 0.0300. The van der Waals surface area contributed by atoms with Gasteiger partial charge >= 0.3 is 6.61 Å². The first kappa shape index (κ1) is 19.3. The number of amides is 1. The first-order valence-electron chi connectivity index (χ1n) is 7.22. The fraction of sp³-hybridized carbons (Fsp3) is 0.235. The van der Waals surface area contributed by atoms with Gasteiger partial charge in [-0.1, -0.05) is 35.3 Å². The first-order valence-corrected chi connectivity index (χ1v) is 7.97. The van der Waals surface area contributed by atoms with Crippen LogP contribution in [0, 0.1) is 0 Å². The monoisotopic (exact) mass is 389 g/mol. The Morgan fingerprint density at radius 3 is 2.44 bits per heavy atom. The van der Waals surface area contributed by atoms with Gasteiger partial charge in [0, 0.05) is 16.6 Å². The second kappa shape index (κ2) is 8.87. The molecule has 0 saturated heterocycles. The lowest BCUT2D eigenvalue weighted by Gasteiger charge is -2.12. The van der Waals surface area contributed by atoms with Crippen molar-refractivity contribution in [2.75, 3.05) is 7.11 Å². The number of carbonyl (C=O) groups is 1. The Morgan fingerprint density at radius 2 is 1.84 bits per heavy atom. The predicted octanol–water partition coefficient (Wildman–Crippen LogP) is 4.46. The maximum absolute atomic E-state index is 12.3. The van der Waals surface area contributed by atoms with Crippen molar-refractivity contribution < 1.29 is 23.0 Å². The number of methoxy groups -OCH3 is 1. The van der Waals surface area contributed by atoms with Gasteiger partial charge in [0.1, 0.15) is 0 Å². The van der Waals surface area contributed by atoms with E-state index in [-0.39, 0.29) is 30.4 Å². The largest absolute Gasteiger partial charge is 0.493 e. The van der Waals surface area contributed by atoms with E-state index < -0.39 is 6.61 Å². The normalized spacial score (nSPS) is 10.6. The van der Waals surface area contributed by atoms with Crippen LogP contribution in [0.5, 0.6) is 11.5 Å². The summed E-state index contributed by atoms with van der Waals surface area (Å²) < 4.78 is 34.0. The smallest absolute Gasteiger partial charge is 0.387 e. The topological polar surface area (TPSA) is 47.6 Å². The van der Waals surface area contributed by atoms with E-state index in [1.165, 1.54) is 19.2 Å². The van der Waals surface area contributed by atoms with Crippen LogP contribution in [0.25, 0.3) is 0 Å². The highest BCUT2D eigenvalue weighted by molar-refractivity contribution is 6.36. The van der Waals surface area contributed by atoms with Gasteiger partial charge in [0.15, 0.2) is 11.5 Å². The second-order valence-corrected chi connectivity index (χ2v) is 5.83. The zero-order chi connectivity index (χ0) is 18.4. The molecule has 2 rings (SSSR count). The third kappa shape index (κ3) is 5.47. The molecule has 0 aliphatic carbocycles. The third-order valence-electron chi connectivity index (χ3n) is 3.33. The van der Waals surface area contributed by atoms with Crippen LogP contribution < -0.4 is 14.8 Å². The summed E-state index contributed by atoms with van der Waals surface area (Å²) in [7, 11) is 1.34. The zero-order valence-electron chi connectivity index (χ0n) is 13.2. The molecule has 0 fully saturated rings. The van der Waals surface area contributed by atoms with Crippen LogP contribution in [0.15, 0.2) is 36.4 Å². The van der Waals surface area contributed by atoms with E-state index in [9.17, 15) is 13.6 Å². The van der Waals surface area contributed by atoms with Crippen LogP contribution in [0.3, 0.4) is 0 Å². The lowest BCUT2D eigenvalue weighted by molar-refractivity contribution is -0.120. The number of benzene rings is 2. The lowest BCUT2D eigenvalue weighted by atomic mass is 10.1. The van der Waals surface area contributed by atoms with Crippen LogP contribution in [0.1, 0.15) is 11.1 Å². The van der Waals surface area contributed by atoms with Crippen molar-refractivity contribution in [2.24, 2.45) is 0 Å². The van der Waals surface area contributed by atoms with E-state index in [2.05, 4.69) is 10.1 Å². The van der Waals surface area contributed by atoms with Crippen LogP contribution in [0.2, 0.25) is 10.0 Å². The molecule has 0 aliphatic heterocycles. The summed E-state index contributed by atoms with van der Waals surface area (Å²) in [5.41, 5.74) is 1.21. The van der Waals surface area contributed by atoms with E-state index in [1.807, 2.05) is 0 Å². The van der Waals surface area contributed by atoms with E-state index in [4.69, 9.17) is 27.9 Å². The summed E-state index contributed by atoms with van der Waals surface area (Å²) >= 11 is 12.1. The molecule has 1 N–H and O–H groups in total. The third-order valence-corrected chi connectivity index (χ3v) is 4.04. The Hall–Kier alpha value is -2.05. The molecule has 4 nitrogen and oxygen atoms in total. The number of nitrogens with one attached hydrogen (secondary N) is 1. The Morgan fingerprint density at radius 1 is 1.16 bits per heavy atom. The Kier molecular flexibility index (Phi) is 6.84. The molecule has 0 atom stereocenters. The molecule has 25 heavy (non-hydrogen) atoms. The van der Waals surface area contributed by atoms with Gasteiger partial charge in [-0.15, -0.1) is 0 Å². The minimum Gasteiger partial charge on any atom is -0.493 e. The minimum atomic E-state index is -2.94. The molecule has 0 saturated carbocycles. The molecule has 0 heterocycles. The molecular weight excluding hydrogens is 375 g/mol. The molecule has 1 amide bonds. The van der Waals surface area contributed by atoms with Crippen molar-refractivity contribution in [2.45, 2.75) is 19.6 Å². The highest BCUT2D eigenvalue weighted by Crippen LogP contribution is 2.29. The fourth-order valence-corrected chi connectivity index (χ4v) is 2.67. The highest BCUT2D eigenvalue weighted by atomic mass is 35.5. The van der Waals surface area contributed by atoms with E-state index in [0.717, 1.165) is 0 Å². The number of ether oxygens (including phenoxy) is 2. The number of halogens is 4. The summed E-state index contributed by atoms with van der Waals surface area (Å²) in [5.74, 6) is -0.196. The number of carbonyl (C=O) groups excluding carboxylic acids is 1. The molecule has 0 unspecified atom stereocenters. The van der Waals surface area contributed by atoms with E-state index in [1.54, 1.807) is 24.3 Å². The lowest BCUT2D eigenvalue weighted by Crippen LogP contribution is -2.24. The van der Waals surface area contributed by atoms with Gasteiger partial charge in [-0.25, -0.2) is 0 Å². The maximum atomic E-state index is 12.3. The highest BCUT2D eigenvalue weighted by Gasteiger charge is 2.13. The first-order chi connectivity index (χ1) is 11.9. The van der Waals surface area contributed by atoms with E-state index in [0.29, 0.717) is 21.2 Å². The molecule has 0 radical (unpaired) electrons. The Bertz CT molecular complexity index is 736. The predicted molar refractivity (Wildman–Crippen MR) is 91.6 cm³/mol. The van der Waals surface area contributed by atoms with Crippen molar-refractivity contribution in [1.29, 1.82) is 0 Å². The molecule has 8 heteroatoms. The summed E-state index contributed by atoms with van der Waals surface area (Å²) in [6, 6.07) is 9.44. The number of hydrogen-bond acceptors (Lipinski definition) is 3. The van der Waals surface area contributed by atoms with Gasteiger partial charge in [-0.3, -0.25) is 4.79 Å². The summed E-state index contributed by atoms with van der Waals surface area (Å²) in [5, 5.41) is 3.54. The van der Waals surface area contributed by atoms with Crippen molar-refractivity contribution in [1.82, 2.24) is 5.32 Å². The molecule has 0 bridgehead atoms. The van der Waals surface area contributed by atoms with Crippen molar-refractivity contribution in [3.8, 4) is 11.5 Å². The van der Waals surface area contributed by atoms with Crippen molar-refractivity contribution in [3.63, 3.8) is 0 Å². The molecular formula is C17H15Cl2F2NO3. The number of rotatable bonds is 7. The average molecular weight is 390 g/mol. The van der Waals surface area contributed by atoms with Crippen LogP contribution in [-0.2, 0) is 17.8 Å². The molecule has 134 valence electrons. The second-order valence-electron chi connectivity index (χ2n) is 5.02. The van der Waals surface area contributed by atoms with Gasteiger partial charge < -0.3 is 14.8 Å². The quantitative estimate of drug-likeness (QED) is 0.760. The van der Waals surface area contributed by atoms with Crippen LogP contribution >= 0.6 is 23.2 Å². The van der Waals surface area contributed by atoms with Gasteiger partial charge in [0.2, 0.25) is 5.91 Å². The molecule has 0 aromatic heterocycles. The maximum Gasteiger partial charge on any atom is 0.387 e. The molecule has 2 aromatic rings. The molecule has 2 aromatic carbocycles. The average Bonchev–Trinajstić information content (AvgIpc) is 2.57. The van der Waals surface area contributed by atoms with Gasteiger partial charge in [0.05, 0.1) is 13.5 Å². The van der Waals surface area contributed by atoms with Gasteiger partial charge in [-0.2, -0.15) is 8.78 Å². The molecule has 0 aliphatic rings. The fourth-order valence-electron chi connectivity index (χ4n) is 2.14. The number of hydrogen-bond donors (Lipinski definition) is 1. The van der Waals surface area contributed by atoms with Gasteiger partial charge in [0.25, 0.3) is 0 Å². The van der Waals surface area contributed by atoms with E-state index >= 15 is 0 Å². The Labute approximate surface area is 153 Å². The van der Waals surface area contributed by atoms with Crippen molar-refractivity contribution in [3.05, 3.63) is 57.6 Å². The zero-order valence-corrected chi connectivity index (χ0v) is 14.7. The summed E-state index contributed by atoms with van der Waals surface area (Å²) in [4.78, 5) is 12.1. The molecule has 0 spiro atoms.